The summed E-state index contributed by atoms with van der Waals surface area (Å²) in [4.78, 5) is 23.5. The zero-order valence-corrected chi connectivity index (χ0v) is 18.3. The van der Waals surface area contributed by atoms with Gasteiger partial charge in [-0.1, -0.05) is 40.9 Å². The third-order valence-electron chi connectivity index (χ3n) is 4.77. The SMILES string of the molecule is Cc1noc(C#Cc2ccc3cc(C(=O)O)oc3c2)c1NC(=O)OC(C)c1ccccc1Cl. The first kappa shape index (κ1) is 22.0. The van der Waals surface area contributed by atoms with Gasteiger partial charge in [-0.15, -0.1) is 0 Å². The van der Waals surface area contributed by atoms with Gasteiger partial charge in [-0.25, -0.2) is 9.59 Å². The molecular weight excluding hydrogens is 448 g/mol. The van der Waals surface area contributed by atoms with Gasteiger partial charge in [0, 0.05) is 21.5 Å². The van der Waals surface area contributed by atoms with Crippen LogP contribution in [-0.4, -0.2) is 22.3 Å². The average molecular weight is 465 g/mol. The van der Waals surface area contributed by atoms with Crippen LogP contribution in [0.5, 0.6) is 0 Å². The van der Waals surface area contributed by atoms with E-state index >= 15 is 0 Å². The molecular formula is C24H17ClN2O6. The van der Waals surface area contributed by atoms with Crippen molar-refractivity contribution < 1.29 is 28.4 Å². The summed E-state index contributed by atoms with van der Waals surface area (Å²) in [7, 11) is 0. The Morgan fingerprint density at radius 3 is 2.73 bits per heavy atom. The molecule has 0 aliphatic rings. The minimum Gasteiger partial charge on any atom is -0.475 e. The van der Waals surface area contributed by atoms with Crippen LogP contribution in [0, 0.1) is 18.8 Å². The number of carboxylic acids is 1. The molecule has 1 amide bonds. The number of anilines is 1. The van der Waals surface area contributed by atoms with E-state index in [0.717, 1.165) is 0 Å². The number of hydrogen-bond acceptors (Lipinski definition) is 6. The fourth-order valence-corrected chi connectivity index (χ4v) is 3.40. The highest BCUT2D eigenvalue weighted by molar-refractivity contribution is 6.31. The quantitative estimate of drug-likeness (QED) is 0.367. The highest BCUT2D eigenvalue weighted by Crippen LogP contribution is 2.26. The van der Waals surface area contributed by atoms with E-state index in [1.807, 2.05) is 0 Å². The summed E-state index contributed by atoms with van der Waals surface area (Å²) < 4.78 is 16.0. The summed E-state index contributed by atoms with van der Waals surface area (Å²) in [6.45, 7) is 3.37. The van der Waals surface area contributed by atoms with Crippen molar-refractivity contribution in [1.29, 1.82) is 0 Å². The molecule has 0 spiro atoms. The number of aryl methyl sites for hydroxylation is 1. The lowest BCUT2D eigenvalue weighted by atomic mass is 10.1. The third kappa shape index (κ3) is 4.84. The van der Waals surface area contributed by atoms with E-state index in [1.54, 1.807) is 56.3 Å². The number of amides is 1. The predicted octanol–water partition coefficient (Wildman–Crippen LogP) is 5.79. The third-order valence-corrected chi connectivity index (χ3v) is 5.11. The van der Waals surface area contributed by atoms with Crippen molar-refractivity contribution in [3.63, 3.8) is 0 Å². The number of carboxylic acid groups (broad SMARTS) is 1. The Hall–Kier alpha value is -4.22. The molecule has 0 aliphatic heterocycles. The van der Waals surface area contributed by atoms with Crippen molar-refractivity contribution in [2.45, 2.75) is 20.0 Å². The number of aromatic carboxylic acids is 1. The normalized spacial score (nSPS) is 11.5. The molecule has 4 aromatic rings. The van der Waals surface area contributed by atoms with Crippen LogP contribution in [0.15, 0.2) is 57.5 Å². The number of nitrogens with one attached hydrogen (secondary N) is 1. The fourth-order valence-electron chi connectivity index (χ4n) is 3.11. The Morgan fingerprint density at radius 1 is 1.18 bits per heavy atom. The fraction of sp³-hybridized carbons (Fsp3) is 0.125. The summed E-state index contributed by atoms with van der Waals surface area (Å²) >= 11 is 6.16. The minimum absolute atomic E-state index is 0.139. The number of halogens is 1. The van der Waals surface area contributed by atoms with Gasteiger partial charge in [-0.05, 0) is 50.1 Å². The van der Waals surface area contributed by atoms with Crippen LogP contribution in [0.4, 0.5) is 10.5 Å². The predicted molar refractivity (Wildman–Crippen MR) is 120 cm³/mol. The highest BCUT2D eigenvalue weighted by atomic mass is 35.5. The first-order valence-electron chi connectivity index (χ1n) is 9.79. The molecule has 0 bridgehead atoms. The maximum atomic E-state index is 12.4. The molecule has 1 atom stereocenters. The smallest absolute Gasteiger partial charge is 0.412 e. The van der Waals surface area contributed by atoms with Crippen molar-refractivity contribution in [2.75, 3.05) is 5.32 Å². The number of rotatable bonds is 4. The maximum absolute atomic E-state index is 12.4. The molecule has 0 radical (unpaired) electrons. The van der Waals surface area contributed by atoms with E-state index in [9.17, 15) is 9.59 Å². The van der Waals surface area contributed by atoms with Crippen molar-refractivity contribution in [1.82, 2.24) is 5.16 Å². The average Bonchev–Trinajstić information content (AvgIpc) is 3.36. The van der Waals surface area contributed by atoms with Crippen molar-refractivity contribution in [3.8, 4) is 11.8 Å². The largest absolute Gasteiger partial charge is 0.475 e. The van der Waals surface area contributed by atoms with Crippen LogP contribution in [-0.2, 0) is 4.74 Å². The summed E-state index contributed by atoms with van der Waals surface area (Å²) in [5.41, 5.74) is 2.34. The van der Waals surface area contributed by atoms with E-state index in [-0.39, 0.29) is 17.2 Å². The van der Waals surface area contributed by atoms with Gasteiger partial charge in [0.05, 0.1) is 0 Å². The highest BCUT2D eigenvalue weighted by Gasteiger charge is 2.19. The van der Waals surface area contributed by atoms with Gasteiger partial charge in [0.25, 0.3) is 0 Å². The minimum atomic E-state index is -1.15. The molecule has 8 nitrogen and oxygen atoms in total. The number of furan rings is 1. The number of carbonyl (C=O) groups excluding carboxylic acids is 1. The lowest BCUT2D eigenvalue weighted by Gasteiger charge is -2.15. The molecule has 0 aliphatic carbocycles. The molecule has 0 saturated carbocycles. The molecule has 0 fully saturated rings. The number of carbonyl (C=O) groups is 2. The lowest BCUT2D eigenvalue weighted by molar-refractivity contribution is 0.0665. The van der Waals surface area contributed by atoms with E-state index in [1.165, 1.54) is 6.07 Å². The Labute approximate surface area is 193 Å². The zero-order valence-electron chi connectivity index (χ0n) is 17.5. The molecule has 4 rings (SSSR count). The number of hydrogen-bond donors (Lipinski definition) is 2. The van der Waals surface area contributed by atoms with Crippen molar-refractivity contribution in [2.24, 2.45) is 0 Å². The topological polar surface area (TPSA) is 115 Å². The maximum Gasteiger partial charge on any atom is 0.412 e. The Bertz CT molecular complexity index is 1430. The van der Waals surface area contributed by atoms with Crippen LogP contribution >= 0.6 is 11.6 Å². The first-order valence-corrected chi connectivity index (χ1v) is 10.2. The van der Waals surface area contributed by atoms with E-state index in [2.05, 4.69) is 22.3 Å². The number of ether oxygens (including phenoxy) is 1. The van der Waals surface area contributed by atoms with E-state index < -0.39 is 18.2 Å². The van der Waals surface area contributed by atoms with Crippen LogP contribution in [0.25, 0.3) is 11.0 Å². The van der Waals surface area contributed by atoms with Gasteiger partial charge < -0.3 is 18.8 Å². The number of fused-ring (bicyclic) bond motifs is 1. The lowest BCUT2D eigenvalue weighted by Crippen LogP contribution is -2.17. The molecule has 9 heteroatoms. The molecule has 2 aromatic carbocycles. The van der Waals surface area contributed by atoms with Gasteiger partial charge in [0.1, 0.15) is 23.1 Å². The van der Waals surface area contributed by atoms with Crippen LogP contribution in [0.2, 0.25) is 5.02 Å². The molecule has 2 N–H and O–H groups in total. The van der Waals surface area contributed by atoms with Gasteiger partial charge in [0.2, 0.25) is 11.5 Å². The molecule has 166 valence electrons. The van der Waals surface area contributed by atoms with Gasteiger partial charge >= 0.3 is 12.1 Å². The molecule has 1 unspecified atom stereocenters. The second kappa shape index (κ2) is 9.10. The molecule has 0 saturated heterocycles. The number of nitrogens with zero attached hydrogens (tertiary/aromatic N) is 1. The van der Waals surface area contributed by atoms with Gasteiger partial charge in [-0.2, -0.15) is 0 Å². The Balaban J connectivity index is 1.51. The van der Waals surface area contributed by atoms with E-state index in [0.29, 0.717) is 32.8 Å². The van der Waals surface area contributed by atoms with Crippen LogP contribution in [0.1, 0.15) is 46.2 Å². The molecule has 2 heterocycles. The summed E-state index contributed by atoms with van der Waals surface area (Å²) in [5.74, 6) is 4.54. The summed E-state index contributed by atoms with van der Waals surface area (Å²) in [5, 5.41) is 16.7. The summed E-state index contributed by atoms with van der Waals surface area (Å²) in [6.07, 6.45) is -1.29. The molecule has 2 aromatic heterocycles. The first-order chi connectivity index (χ1) is 15.8. The van der Waals surface area contributed by atoms with Crippen molar-refractivity contribution in [3.05, 3.63) is 81.9 Å². The second-order valence-electron chi connectivity index (χ2n) is 7.08. The zero-order chi connectivity index (χ0) is 23.5. The van der Waals surface area contributed by atoms with E-state index in [4.69, 9.17) is 30.4 Å². The summed E-state index contributed by atoms with van der Waals surface area (Å²) in [6, 6.07) is 13.6. The monoisotopic (exact) mass is 464 g/mol. The van der Waals surface area contributed by atoms with Crippen molar-refractivity contribution >= 4 is 40.3 Å². The van der Waals surface area contributed by atoms with Gasteiger partial charge in [0.15, 0.2) is 0 Å². The Kier molecular flexibility index (Phi) is 6.07. The Morgan fingerprint density at radius 2 is 1.97 bits per heavy atom. The number of aromatic nitrogens is 1. The molecule has 33 heavy (non-hydrogen) atoms. The van der Waals surface area contributed by atoms with Gasteiger partial charge in [-0.3, -0.25) is 5.32 Å². The van der Waals surface area contributed by atoms with Crippen LogP contribution < -0.4 is 5.32 Å². The second-order valence-corrected chi connectivity index (χ2v) is 7.49. The number of benzene rings is 2. The standard InChI is InChI=1S/C24H17ClN2O6/c1-13-22(26-24(30)31-14(2)17-5-3-4-6-18(17)25)19(33-27-13)10-8-15-7-9-16-12-21(23(28)29)32-20(16)11-15/h3-7,9,11-12,14H,1-2H3,(H,26,30)(H,28,29). The van der Waals surface area contributed by atoms with Crippen LogP contribution in [0.3, 0.4) is 0 Å².